The zero-order valence-electron chi connectivity index (χ0n) is 16.8. The molecular weight excluding hydrogens is 350 g/mol. The van der Waals surface area contributed by atoms with Crippen LogP contribution in [0.25, 0.3) is 0 Å². The third kappa shape index (κ3) is 4.91. The predicted molar refractivity (Wildman–Crippen MR) is 112 cm³/mol. The fourth-order valence-corrected chi connectivity index (χ4v) is 3.55. The lowest BCUT2D eigenvalue weighted by atomic mass is 10.1. The van der Waals surface area contributed by atoms with E-state index >= 15 is 0 Å². The molecule has 1 fully saturated rings. The molecule has 2 aromatic rings. The maximum atomic E-state index is 12.4. The quantitative estimate of drug-likeness (QED) is 0.763. The first-order valence-corrected chi connectivity index (χ1v) is 10.1. The number of amides is 2. The van der Waals surface area contributed by atoms with Crippen LogP contribution in [0.2, 0.25) is 0 Å². The Balaban J connectivity index is 1.52. The van der Waals surface area contributed by atoms with Crippen molar-refractivity contribution in [3.8, 4) is 0 Å². The van der Waals surface area contributed by atoms with Gasteiger partial charge in [-0.2, -0.15) is 0 Å². The Morgan fingerprint density at radius 1 is 1.00 bits per heavy atom. The highest BCUT2D eigenvalue weighted by Gasteiger charge is 2.20. The van der Waals surface area contributed by atoms with E-state index in [0.717, 1.165) is 37.2 Å². The molecule has 148 valence electrons. The second-order valence-corrected chi connectivity index (χ2v) is 7.14. The molecule has 0 unspecified atom stereocenters. The molecule has 2 amide bonds. The number of hydrogen-bond donors (Lipinski definition) is 1. The van der Waals surface area contributed by atoms with Gasteiger partial charge in [-0.15, -0.1) is 0 Å². The fourth-order valence-electron chi connectivity index (χ4n) is 3.55. The standard InChI is InChI=1S/C23H29N3O2/c1-3-25(4-2)21-13-9-18(10-14-21)16-24-23(28)20-11-7-19(8-12-20)17-26-15-5-6-22(26)27/h7-14H,3-6,15-17H2,1-2H3,(H,24,28). The molecule has 1 N–H and O–H groups in total. The molecule has 5 nitrogen and oxygen atoms in total. The topological polar surface area (TPSA) is 52.7 Å². The van der Waals surface area contributed by atoms with E-state index in [0.29, 0.717) is 25.1 Å². The van der Waals surface area contributed by atoms with Crippen LogP contribution < -0.4 is 10.2 Å². The van der Waals surface area contributed by atoms with Crippen LogP contribution in [0.15, 0.2) is 48.5 Å². The number of nitrogens with zero attached hydrogens (tertiary/aromatic N) is 2. The van der Waals surface area contributed by atoms with Crippen LogP contribution >= 0.6 is 0 Å². The molecule has 3 rings (SSSR count). The predicted octanol–water partition coefficient (Wildman–Crippen LogP) is 3.59. The molecule has 0 radical (unpaired) electrons. The first kappa shape index (κ1) is 19.9. The third-order valence-corrected chi connectivity index (χ3v) is 5.28. The zero-order chi connectivity index (χ0) is 19.9. The first-order valence-electron chi connectivity index (χ1n) is 10.1. The van der Waals surface area contributed by atoms with Crippen LogP contribution in [0.5, 0.6) is 0 Å². The number of carbonyl (C=O) groups is 2. The van der Waals surface area contributed by atoms with Crippen molar-refractivity contribution >= 4 is 17.5 Å². The molecule has 5 heteroatoms. The minimum absolute atomic E-state index is 0.0865. The lowest BCUT2D eigenvalue weighted by molar-refractivity contribution is -0.128. The maximum absolute atomic E-state index is 12.4. The Bertz CT molecular complexity index is 796. The van der Waals surface area contributed by atoms with Crippen LogP contribution in [-0.4, -0.2) is 36.3 Å². The van der Waals surface area contributed by atoms with Crippen molar-refractivity contribution in [1.29, 1.82) is 0 Å². The van der Waals surface area contributed by atoms with Crippen molar-refractivity contribution < 1.29 is 9.59 Å². The normalized spacial score (nSPS) is 13.6. The molecule has 0 bridgehead atoms. The number of rotatable bonds is 8. The Morgan fingerprint density at radius 2 is 1.64 bits per heavy atom. The zero-order valence-corrected chi connectivity index (χ0v) is 16.8. The van der Waals surface area contributed by atoms with E-state index < -0.39 is 0 Å². The lowest BCUT2D eigenvalue weighted by Gasteiger charge is -2.21. The highest BCUT2D eigenvalue weighted by molar-refractivity contribution is 5.94. The number of carbonyl (C=O) groups excluding carboxylic acids is 2. The maximum Gasteiger partial charge on any atom is 0.251 e. The Morgan fingerprint density at radius 3 is 2.21 bits per heavy atom. The molecule has 0 saturated carbocycles. The minimum atomic E-state index is -0.0865. The van der Waals surface area contributed by atoms with Crippen LogP contribution in [-0.2, 0) is 17.9 Å². The molecule has 1 saturated heterocycles. The van der Waals surface area contributed by atoms with Gasteiger partial charge < -0.3 is 15.1 Å². The van der Waals surface area contributed by atoms with Crippen molar-refractivity contribution in [3.05, 3.63) is 65.2 Å². The Labute approximate surface area is 167 Å². The van der Waals surface area contributed by atoms with Crippen LogP contribution in [0, 0.1) is 0 Å². The van der Waals surface area contributed by atoms with Gasteiger partial charge in [0.25, 0.3) is 5.91 Å². The van der Waals surface area contributed by atoms with Gasteiger partial charge in [-0.05, 0) is 55.7 Å². The van der Waals surface area contributed by atoms with E-state index in [1.807, 2.05) is 29.2 Å². The summed E-state index contributed by atoms with van der Waals surface area (Å²) in [5.74, 6) is 0.130. The van der Waals surface area contributed by atoms with Gasteiger partial charge in [-0.1, -0.05) is 24.3 Å². The van der Waals surface area contributed by atoms with Gasteiger partial charge in [0.05, 0.1) is 0 Å². The summed E-state index contributed by atoms with van der Waals surface area (Å²) >= 11 is 0. The van der Waals surface area contributed by atoms with Crippen molar-refractivity contribution in [2.24, 2.45) is 0 Å². The molecule has 1 heterocycles. The molecule has 0 aromatic heterocycles. The van der Waals surface area contributed by atoms with E-state index in [2.05, 4.69) is 48.3 Å². The van der Waals surface area contributed by atoms with Gasteiger partial charge in [0, 0.05) is 50.4 Å². The Hall–Kier alpha value is -2.82. The van der Waals surface area contributed by atoms with Gasteiger partial charge >= 0.3 is 0 Å². The van der Waals surface area contributed by atoms with E-state index in [1.54, 1.807) is 0 Å². The first-order chi connectivity index (χ1) is 13.6. The molecule has 1 aliphatic rings. The molecular formula is C23H29N3O2. The summed E-state index contributed by atoms with van der Waals surface area (Å²) in [5.41, 5.74) is 3.97. The average Bonchev–Trinajstić information content (AvgIpc) is 3.13. The van der Waals surface area contributed by atoms with Gasteiger partial charge in [0.15, 0.2) is 0 Å². The number of nitrogens with one attached hydrogen (secondary N) is 1. The van der Waals surface area contributed by atoms with Crippen molar-refractivity contribution in [3.63, 3.8) is 0 Å². The monoisotopic (exact) mass is 379 g/mol. The smallest absolute Gasteiger partial charge is 0.251 e. The largest absolute Gasteiger partial charge is 0.372 e. The highest BCUT2D eigenvalue weighted by atomic mass is 16.2. The summed E-state index contributed by atoms with van der Waals surface area (Å²) < 4.78 is 0. The van der Waals surface area contributed by atoms with Crippen LogP contribution in [0.1, 0.15) is 48.2 Å². The molecule has 0 aliphatic carbocycles. The summed E-state index contributed by atoms with van der Waals surface area (Å²) in [5, 5.41) is 2.97. The summed E-state index contributed by atoms with van der Waals surface area (Å²) in [6, 6.07) is 15.8. The molecule has 0 atom stereocenters. The molecule has 2 aromatic carbocycles. The van der Waals surface area contributed by atoms with Crippen LogP contribution in [0.4, 0.5) is 5.69 Å². The average molecular weight is 380 g/mol. The minimum Gasteiger partial charge on any atom is -0.372 e. The molecule has 28 heavy (non-hydrogen) atoms. The van der Waals surface area contributed by atoms with E-state index in [9.17, 15) is 9.59 Å². The SMILES string of the molecule is CCN(CC)c1ccc(CNC(=O)c2ccc(CN3CCCC3=O)cc2)cc1. The third-order valence-electron chi connectivity index (χ3n) is 5.28. The number of hydrogen-bond acceptors (Lipinski definition) is 3. The van der Waals surface area contributed by atoms with Crippen molar-refractivity contribution in [2.75, 3.05) is 24.5 Å². The fraction of sp³-hybridized carbons (Fsp3) is 0.391. The van der Waals surface area contributed by atoms with Gasteiger partial charge in [0.2, 0.25) is 5.91 Å². The number of anilines is 1. The van der Waals surface area contributed by atoms with Gasteiger partial charge in [-0.25, -0.2) is 0 Å². The summed E-state index contributed by atoms with van der Waals surface area (Å²) in [7, 11) is 0. The molecule has 0 spiro atoms. The summed E-state index contributed by atoms with van der Waals surface area (Å²) in [4.78, 5) is 28.3. The van der Waals surface area contributed by atoms with E-state index in [1.165, 1.54) is 5.69 Å². The van der Waals surface area contributed by atoms with Gasteiger partial charge in [-0.3, -0.25) is 9.59 Å². The Kier molecular flexibility index (Phi) is 6.69. The summed E-state index contributed by atoms with van der Waals surface area (Å²) in [6.07, 6.45) is 1.59. The van der Waals surface area contributed by atoms with E-state index in [-0.39, 0.29) is 11.8 Å². The van der Waals surface area contributed by atoms with E-state index in [4.69, 9.17) is 0 Å². The van der Waals surface area contributed by atoms with Gasteiger partial charge in [0.1, 0.15) is 0 Å². The van der Waals surface area contributed by atoms with Crippen molar-refractivity contribution in [1.82, 2.24) is 10.2 Å². The molecule has 1 aliphatic heterocycles. The highest BCUT2D eigenvalue weighted by Crippen LogP contribution is 2.16. The second-order valence-electron chi connectivity index (χ2n) is 7.14. The lowest BCUT2D eigenvalue weighted by Crippen LogP contribution is -2.24. The number of benzene rings is 2. The van der Waals surface area contributed by atoms with Crippen molar-refractivity contribution in [2.45, 2.75) is 39.8 Å². The second kappa shape index (κ2) is 9.40. The summed E-state index contributed by atoms with van der Waals surface area (Å²) in [6.45, 7) is 8.20. The van der Waals surface area contributed by atoms with Crippen LogP contribution in [0.3, 0.4) is 0 Å². The number of likely N-dealkylation sites (tertiary alicyclic amines) is 1.